The zero-order chi connectivity index (χ0) is 23.1. The summed E-state index contributed by atoms with van der Waals surface area (Å²) in [5.41, 5.74) is 4.93. The van der Waals surface area contributed by atoms with Crippen LogP contribution in [0.2, 0.25) is 0 Å². The highest BCUT2D eigenvalue weighted by atomic mass is 16.5. The second-order valence-electron chi connectivity index (χ2n) is 8.26. The molecule has 1 aliphatic carbocycles. The number of nitrogens with zero attached hydrogens (tertiary/aromatic N) is 1. The first-order chi connectivity index (χ1) is 16.0. The number of phenolic OH excluding ortho intramolecular Hbond substituents is 2. The molecule has 2 aliphatic rings. The fourth-order valence-electron chi connectivity index (χ4n) is 5.04. The van der Waals surface area contributed by atoms with Gasteiger partial charge in [0.25, 0.3) is 0 Å². The minimum Gasteiger partial charge on any atom is -0.504 e. The van der Waals surface area contributed by atoms with Crippen molar-refractivity contribution in [3.05, 3.63) is 59.2 Å². The van der Waals surface area contributed by atoms with Crippen molar-refractivity contribution in [3.8, 4) is 45.6 Å². The Morgan fingerprint density at radius 1 is 0.879 bits per heavy atom. The summed E-state index contributed by atoms with van der Waals surface area (Å²) >= 11 is 0. The van der Waals surface area contributed by atoms with Gasteiger partial charge in [0.15, 0.2) is 34.5 Å². The van der Waals surface area contributed by atoms with Gasteiger partial charge in [-0.1, -0.05) is 12.1 Å². The van der Waals surface area contributed by atoms with Gasteiger partial charge in [-0.3, -0.25) is 4.90 Å². The van der Waals surface area contributed by atoms with Crippen LogP contribution in [0, 0.1) is 0 Å². The molecule has 1 heterocycles. The first-order valence-corrected chi connectivity index (χ1v) is 10.9. The van der Waals surface area contributed by atoms with Gasteiger partial charge in [0.05, 0.1) is 21.3 Å². The summed E-state index contributed by atoms with van der Waals surface area (Å²) in [5.74, 6) is 2.40. The molecule has 7 nitrogen and oxygen atoms in total. The molecule has 0 aromatic heterocycles. The average molecular weight is 450 g/mol. The van der Waals surface area contributed by atoms with Crippen LogP contribution in [0.4, 0.5) is 0 Å². The molecule has 1 unspecified atom stereocenters. The SMILES string of the molecule is COc1cc2c(cc1O)CC1c3c(cc(O)c(OC)c3-2)CCN1COc1ccccc1OC. The molecule has 33 heavy (non-hydrogen) atoms. The van der Waals surface area contributed by atoms with Gasteiger partial charge >= 0.3 is 0 Å². The van der Waals surface area contributed by atoms with Crippen molar-refractivity contribution < 1.29 is 29.2 Å². The Hall–Kier alpha value is -3.58. The van der Waals surface area contributed by atoms with E-state index >= 15 is 0 Å². The summed E-state index contributed by atoms with van der Waals surface area (Å²) in [4.78, 5) is 2.28. The molecule has 1 atom stereocenters. The van der Waals surface area contributed by atoms with Crippen molar-refractivity contribution in [3.63, 3.8) is 0 Å². The van der Waals surface area contributed by atoms with Crippen LogP contribution in [0.1, 0.15) is 22.7 Å². The molecule has 3 aromatic rings. The van der Waals surface area contributed by atoms with Gasteiger partial charge in [-0.15, -0.1) is 0 Å². The van der Waals surface area contributed by atoms with Crippen molar-refractivity contribution in [2.45, 2.75) is 18.9 Å². The van der Waals surface area contributed by atoms with E-state index in [1.54, 1.807) is 20.3 Å². The van der Waals surface area contributed by atoms with Crippen LogP contribution in [0.15, 0.2) is 42.5 Å². The van der Waals surface area contributed by atoms with Crippen LogP contribution in [0.5, 0.6) is 34.5 Å². The maximum Gasteiger partial charge on any atom is 0.168 e. The van der Waals surface area contributed by atoms with Gasteiger partial charge in [0, 0.05) is 18.2 Å². The van der Waals surface area contributed by atoms with Gasteiger partial charge < -0.3 is 29.2 Å². The zero-order valence-electron chi connectivity index (χ0n) is 18.9. The van der Waals surface area contributed by atoms with Gasteiger partial charge in [0.1, 0.15) is 6.73 Å². The molecule has 172 valence electrons. The second kappa shape index (κ2) is 8.41. The number of para-hydroxylation sites is 2. The van der Waals surface area contributed by atoms with Crippen LogP contribution >= 0.6 is 0 Å². The summed E-state index contributed by atoms with van der Waals surface area (Å²) in [6.45, 7) is 1.15. The van der Waals surface area contributed by atoms with Crippen LogP contribution in [0.25, 0.3) is 11.1 Å². The predicted octanol–water partition coefficient (Wildman–Crippen LogP) is 4.28. The van der Waals surface area contributed by atoms with Crippen molar-refractivity contribution >= 4 is 0 Å². The molecule has 1 aliphatic heterocycles. The Labute approximate surface area is 192 Å². The Balaban J connectivity index is 1.58. The third-order valence-corrected chi connectivity index (χ3v) is 6.57. The smallest absolute Gasteiger partial charge is 0.168 e. The van der Waals surface area contributed by atoms with E-state index in [2.05, 4.69) is 4.90 Å². The highest BCUT2D eigenvalue weighted by Crippen LogP contribution is 2.53. The second-order valence-corrected chi connectivity index (χ2v) is 8.26. The molecule has 0 fully saturated rings. The topological polar surface area (TPSA) is 80.6 Å². The first-order valence-electron chi connectivity index (χ1n) is 10.9. The third-order valence-electron chi connectivity index (χ3n) is 6.57. The Bertz CT molecular complexity index is 1210. The lowest BCUT2D eigenvalue weighted by Gasteiger charge is -2.42. The van der Waals surface area contributed by atoms with E-state index in [9.17, 15) is 10.2 Å². The number of benzene rings is 3. The Morgan fingerprint density at radius 2 is 1.61 bits per heavy atom. The molecule has 0 amide bonds. The van der Waals surface area contributed by atoms with Gasteiger partial charge in [-0.2, -0.15) is 0 Å². The normalized spacial score (nSPS) is 16.5. The molecular formula is C26H27NO6. The molecular weight excluding hydrogens is 422 g/mol. The average Bonchev–Trinajstić information content (AvgIpc) is 2.83. The molecule has 0 radical (unpaired) electrons. The summed E-state index contributed by atoms with van der Waals surface area (Å²) in [6, 6.07) is 13.0. The van der Waals surface area contributed by atoms with Crippen LogP contribution < -0.4 is 18.9 Å². The summed E-state index contributed by atoms with van der Waals surface area (Å²) in [6.07, 6.45) is 1.46. The summed E-state index contributed by atoms with van der Waals surface area (Å²) in [5, 5.41) is 21.2. The standard InChI is InChI=1S/C26H27NO6/c1-30-21-6-4-5-7-22(21)33-14-27-9-8-15-11-20(29)26(32-3)25-17-13-23(31-2)19(28)12-16(17)10-18(27)24(15)25/h4-7,11-13,18,28-29H,8-10,14H2,1-3H3. The lowest BCUT2D eigenvalue weighted by molar-refractivity contribution is 0.0736. The highest BCUT2D eigenvalue weighted by Gasteiger charge is 2.38. The van der Waals surface area contributed by atoms with Gasteiger partial charge in [0.2, 0.25) is 0 Å². The van der Waals surface area contributed by atoms with E-state index in [1.807, 2.05) is 36.4 Å². The van der Waals surface area contributed by atoms with Crippen LogP contribution in [-0.2, 0) is 12.8 Å². The van der Waals surface area contributed by atoms with E-state index in [0.29, 0.717) is 36.1 Å². The first kappa shape index (κ1) is 21.3. The predicted molar refractivity (Wildman–Crippen MR) is 124 cm³/mol. The zero-order valence-corrected chi connectivity index (χ0v) is 18.9. The minimum absolute atomic E-state index is 0.00764. The quantitative estimate of drug-likeness (QED) is 0.581. The number of methoxy groups -OCH3 is 3. The Morgan fingerprint density at radius 3 is 2.33 bits per heavy atom. The number of fused-ring (bicyclic) bond motifs is 2. The number of hydrogen-bond acceptors (Lipinski definition) is 7. The molecule has 0 bridgehead atoms. The maximum atomic E-state index is 10.7. The van der Waals surface area contributed by atoms with Crippen molar-refractivity contribution in [1.29, 1.82) is 0 Å². The van der Waals surface area contributed by atoms with E-state index in [1.165, 1.54) is 7.11 Å². The summed E-state index contributed by atoms with van der Waals surface area (Å²) in [7, 11) is 4.71. The van der Waals surface area contributed by atoms with Crippen LogP contribution in [0.3, 0.4) is 0 Å². The molecule has 0 saturated carbocycles. The van der Waals surface area contributed by atoms with Gasteiger partial charge in [-0.25, -0.2) is 0 Å². The number of rotatable bonds is 6. The molecule has 0 saturated heterocycles. The number of aromatic hydroxyl groups is 2. The largest absolute Gasteiger partial charge is 0.504 e. The Kier molecular flexibility index (Phi) is 5.42. The highest BCUT2D eigenvalue weighted by molar-refractivity contribution is 5.84. The third kappa shape index (κ3) is 3.49. The van der Waals surface area contributed by atoms with E-state index in [4.69, 9.17) is 18.9 Å². The van der Waals surface area contributed by atoms with Crippen molar-refractivity contribution in [2.24, 2.45) is 0 Å². The fraction of sp³-hybridized carbons (Fsp3) is 0.308. The molecule has 5 rings (SSSR count). The monoisotopic (exact) mass is 449 g/mol. The molecule has 7 heteroatoms. The molecule has 3 aromatic carbocycles. The number of phenols is 2. The van der Waals surface area contributed by atoms with E-state index < -0.39 is 0 Å². The lowest BCUT2D eigenvalue weighted by atomic mass is 9.76. The number of hydrogen-bond donors (Lipinski definition) is 2. The van der Waals surface area contributed by atoms with Crippen molar-refractivity contribution in [2.75, 3.05) is 34.6 Å². The van der Waals surface area contributed by atoms with Gasteiger partial charge in [-0.05, 0) is 65.4 Å². The number of ether oxygens (including phenoxy) is 4. The summed E-state index contributed by atoms with van der Waals surface area (Å²) < 4.78 is 22.6. The van der Waals surface area contributed by atoms with E-state index in [0.717, 1.165) is 40.8 Å². The maximum absolute atomic E-state index is 10.7. The van der Waals surface area contributed by atoms with Crippen LogP contribution in [-0.4, -0.2) is 49.7 Å². The molecule has 2 N–H and O–H groups in total. The molecule has 0 spiro atoms. The lowest BCUT2D eigenvalue weighted by Crippen LogP contribution is -2.40. The minimum atomic E-state index is 0.00764. The fourth-order valence-corrected chi connectivity index (χ4v) is 5.04. The van der Waals surface area contributed by atoms with E-state index in [-0.39, 0.29) is 17.5 Å². The van der Waals surface area contributed by atoms with Crippen molar-refractivity contribution in [1.82, 2.24) is 4.90 Å².